The topological polar surface area (TPSA) is 150 Å². The zero-order chi connectivity index (χ0) is 21.7. The van der Waals surface area contributed by atoms with Gasteiger partial charge in [0.15, 0.2) is 9.84 Å². The Balaban J connectivity index is 2.01. The summed E-state index contributed by atoms with van der Waals surface area (Å²) < 4.78 is 78.1. The van der Waals surface area contributed by atoms with Crippen molar-refractivity contribution in [1.29, 1.82) is 0 Å². The Kier molecular flexibility index (Phi) is 7.40. The lowest BCUT2D eigenvalue weighted by molar-refractivity contribution is 0.340. The van der Waals surface area contributed by atoms with Crippen molar-refractivity contribution in [3.63, 3.8) is 0 Å². The molecule has 160 valence electrons. The van der Waals surface area contributed by atoms with Crippen molar-refractivity contribution < 1.29 is 30.0 Å². The maximum atomic E-state index is 12.4. The molecule has 0 radical (unpaired) electrons. The lowest BCUT2D eigenvalue weighted by Crippen LogP contribution is -2.23. The first-order valence-corrected chi connectivity index (χ1v) is 13.3. The summed E-state index contributed by atoms with van der Waals surface area (Å²) in [5, 5.41) is 5.07. The van der Waals surface area contributed by atoms with Gasteiger partial charge in [0.05, 0.1) is 15.5 Å². The fraction of sp³-hybridized carbons (Fsp3) is 0.294. The molecule has 0 fully saturated rings. The van der Waals surface area contributed by atoms with Crippen LogP contribution in [0.2, 0.25) is 0 Å². The third kappa shape index (κ3) is 7.08. The van der Waals surface area contributed by atoms with E-state index >= 15 is 0 Å². The summed E-state index contributed by atoms with van der Waals surface area (Å²) in [7, 11) is -10.9. The minimum atomic E-state index is -3.88. The van der Waals surface area contributed by atoms with Gasteiger partial charge in [0, 0.05) is 12.3 Å². The van der Waals surface area contributed by atoms with Gasteiger partial charge in [-0.25, -0.2) is 35.1 Å². The van der Waals surface area contributed by atoms with E-state index in [1.54, 1.807) is 13.0 Å². The van der Waals surface area contributed by atoms with E-state index < -0.39 is 29.9 Å². The molecule has 12 heteroatoms. The maximum absolute atomic E-state index is 12.4. The average molecular weight is 463 g/mol. The van der Waals surface area contributed by atoms with Gasteiger partial charge in [-0.05, 0) is 42.0 Å². The normalized spacial score (nSPS) is 12.6. The van der Waals surface area contributed by atoms with Crippen LogP contribution in [0.3, 0.4) is 0 Å². The Labute approximate surface area is 170 Å². The van der Waals surface area contributed by atoms with Crippen LogP contribution in [0, 0.1) is 0 Å². The quantitative estimate of drug-likeness (QED) is 0.525. The van der Waals surface area contributed by atoms with Crippen LogP contribution >= 0.6 is 0 Å². The average Bonchev–Trinajstić information content (AvgIpc) is 2.66. The van der Waals surface area contributed by atoms with E-state index in [4.69, 9.17) is 9.88 Å². The molecule has 0 aliphatic heterocycles. The summed E-state index contributed by atoms with van der Waals surface area (Å²) in [6, 6.07) is 11.1. The van der Waals surface area contributed by atoms with Crippen molar-refractivity contribution in [2.45, 2.75) is 23.3 Å². The highest BCUT2D eigenvalue weighted by atomic mass is 32.2. The lowest BCUT2D eigenvalue weighted by Gasteiger charge is -2.10. The predicted octanol–water partition coefficient (Wildman–Crippen LogP) is 0.626. The maximum Gasteiger partial charge on any atom is 0.240 e. The number of hydrogen-bond donors (Lipinski definition) is 2. The number of ether oxygens (including phenoxy) is 1. The summed E-state index contributed by atoms with van der Waals surface area (Å²) in [4.78, 5) is -0.130. The molecular formula is C17H22N2O7S3. The second-order valence-corrected chi connectivity index (χ2v) is 11.9. The molecule has 3 N–H and O–H groups in total. The molecule has 29 heavy (non-hydrogen) atoms. The van der Waals surface area contributed by atoms with Crippen molar-refractivity contribution in [2.75, 3.05) is 18.1 Å². The molecule has 0 spiro atoms. The Morgan fingerprint density at radius 1 is 0.931 bits per heavy atom. The highest BCUT2D eigenvalue weighted by molar-refractivity contribution is 7.91. The van der Waals surface area contributed by atoms with Gasteiger partial charge >= 0.3 is 0 Å². The van der Waals surface area contributed by atoms with Gasteiger partial charge in [-0.3, -0.25) is 0 Å². The number of rotatable bonds is 10. The third-order valence-electron chi connectivity index (χ3n) is 3.93. The number of nitrogens with two attached hydrogens (primary N) is 1. The smallest absolute Gasteiger partial charge is 0.240 e. The van der Waals surface area contributed by atoms with Crippen LogP contribution in [0.1, 0.15) is 12.5 Å². The largest absolute Gasteiger partial charge is 0.493 e. The molecule has 0 heterocycles. The number of sulfone groups is 1. The molecule has 2 aromatic carbocycles. The number of hydrogen-bond acceptors (Lipinski definition) is 7. The first-order chi connectivity index (χ1) is 13.4. The van der Waals surface area contributed by atoms with E-state index in [-0.39, 0.29) is 34.4 Å². The van der Waals surface area contributed by atoms with Crippen molar-refractivity contribution in [3.05, 3.63) is 54.1 Å². The lowest BCUT2D eigenvalue weighted by atomic mass is 10.2. The van der Waals surface area contributed by atoms with E-state index in [1.807, 2.05) is 0 Å². The molecule has 2 rings (SSSR count). The zero-order valence-electron chi connectivity index (χ0n) is 15.6. The third-order valence-corrected chi connectivity index (χ3v) is 7.93. The standard InChI is InChI=1S/C17H22N2O7S3/c1-2-27(20,21)11-10-26-15-6-8-16(9-7-15)29(24,25)19-13-14-4-3-5-17(12-14)28(18,22)23/h3-9,12,19H,2,10-11,13H2,1H3,(H2,18,22,23). The monoisotopic (exact) mass is 462 g/mol. The SMILES string of the molecule is CCS(=O)(=O)CCOc1ccc(S(=O)(=O)NCc2cccc(S(N)(=O)=O)c2)cc1. The van der Waals surface area contributed by atoms with Gasteiger partial charge < -0.3 is 4.74 Å². The summed E-state index contributed by atoms with van der Waals surface area (Å²) >= 11 is 0. The van der Waals surface area contributed by atoms with E-state index in [0.717, 1.165) is 0 Å². The Hall–Kier alpha value is -1.99. The van der Waals surface area contributed by atoms with E-state index in [2.05, 4.69) is 4.72 Å². The van der Waals surface area contributed by atoms with Gasteiger partial charge in [0.25, 0.3) is 0 Å². The molecule has 0 aliphatic carbocycles. The molecule has 0 unspecified atom stereocenters. The number of sulfonamides is 2. The van der Waals surface area contributed by atoms with Crippen LogP contribution in [0.4, 0.5) is 0 Å². The van der Waals surface area contributed by atoms with E-state index in [9.17, 15) is 25.3 Å². The Morgan fingerprint density at radius 2 is 1.59 bits per heavy atom. The number of benzene rings is 2. The molecular weight excluding hydrogens is 440 g/mol. The molecule has 0 atom stereocenters. The fourth-order valence-corrected chi connectivity index (χ4v) is 4.47. The first-order valence-electron chi connectivity index (χ1n) is 8.48. The minimum Gasteiger partial charge on any atom is -0.493 e. The first kappa shape index (κ1) is 23.3. The molecule has 0 aromatic heterocycles. The second-order valence-electron chi connectivity index (χ2n) is 6.07. The molecule has 2 aromatic rings. The van der Waals surface area contributed by atoms with E-state index in [1.165, 1.54) is 42.5 Å². The summed E-state index contributed by atoms with van der Waals surface area (Å²) in [5.74, 6) is 0.248. The Bertz CT molecular complexity index is 1160. The van der Waals surface area contributed by atoms with Crippen molar-refractivity contribution >= 4 is 29.9 Å². The Morgan fingerprint density at radius 3 is 2.17 bits per heavy atom. The molecule has 0 saturated heterocycles. The van der Waals surface area contributed by atoms with Crippen LogP contribution in [0.5, 0.6) is 5.75 Å². The zero-order valence-corrected chi connectivity index (χ0v) is 18.1. The summed E-state index contributed by atoms with van der Waals surface area (Å²) in [6.45, 7) is 1.40. The molecule has 0 amide bonds. The minimum absolute atomic E-state index is 0.0198. The predicted molar refractivity (Wildman–Crippen MR) is 108 cm³/mol. The van der Waals surface area contributed by atoms with Crippen LogP contribution in [0.15, 0.2) is 58.3 Å². The highest BCUT2D eigenvalue weighted by Crippen LogP contribution is 2.17. The molecule has 9 nitrogen and oxygen atoms in total. The van der Waals surface area contributed by atoms with Crippen molar-refractivity contribution in [1.82, 2.24) is 4.72 Å². The fourth-order valence-electron chi connectivity index (χ4n) is 2.24. The van der Waals surface area contributed by atoms with Crippen molar-refractivity contribution in [2.24, 2.45) is 5.14 Å². The van der Waals surface area contributed by atoms with Gasteiger partial charge in [-0.15, -0.1) is 0 Å². The second kappa shape index (κ2) is 9.22. The van der Waals surface area contributed by atoms with Crippen LogP contribution < -0.4 is 14.6 Å². The molecule has 0 aliphatic rings. The molecule has 0 bridgehead atoms. The van der Waals surface area contributed by atoms with Crippen molar-refractivity contribution in [3.8, 4) is 5.75 Å². The number of nitrogens with one attached hydrogen (secondary N) is 1. The molecule has 0 saturated carbocycles. The van der Waals surface area contributed by atoms with E-state index in [0.29, 0.717) is 11.3 Å². The van der Waals surface area contributed by atoms with Crippen LogP contribution in [-0.4, -0.2) is 43.4 Å². The number of primary sulfonamides is 1. The summed E-state index contributed by atoms with van der Waals surface area (Å²) in [6.07, 6.45) is 0. The van der Waals surface area contributed by atoms with Gasteiger partial charge in [-0.1, -0.05) is 19.1 Å². The van der Waals surface area contributed by atoms with Crippen LogP contribution in [0.25, 0.3) is 0 Å². The highest BCUT2D eigenvalue weighted by Gasteiger charge is 2.15. The van der Waals surface area contributed by atoms with Crippen LogP contribution in [-0.2, 0) is 36.4 Å². The summed E-state index contributed by atoms with van der Waals surface area (Å²) in [5.41, 5.74) is 0.428. The van der Waals surface area contributed by atoms with Gasteiger partial charge in [-0.2, -0.15) is 0 Å². The van der Waals surface area contributed by atoms with Gasteiger partial charge in [0.2, 0.25) is 20.0 Å². The van der Waals surface area contributed by atoms with Gasteiger partial charge in [0.1, 0.15) is 12.4 Å².